The maximum Gasteiger partial charge on any atom is 0.189 e. The van der Waals surface area contributed by atoms with Gasteiger partial charge in [0.25, 0.3) is 0 Å². The molecule has 5 nitrogen and oxygen atoms in total. The lowest BCUT2D eigenvalue weighted by molar-refractivity contribution is 0.318. The van der Waals surface area contributed by atoms with Crippen LogP contribution in [0.4, 0.5) is 5.69 Å². The van der Waals surface area contributed by atoms with Crippen LogP contribution < -0.4 is 11.1 Å². The molecule has 0 atom stereocenters. The number of anilines is 1. The van der Waals surface area contributed by atoms with Gasteiger partial charge in [-0.25, -0.2) is 0 Å². The molecule has 0 bridgehead atoms. The first-order chi connectivity index (χ1) is 9.22. The Hall–Kier alpha value is -2.27. The van der Waals surface area contributed by atoms with E-state index in [0.29, 0.717) is 17.3 Å². The van der Waals surface area contributed by atoms with Gasteiger partial charge in [0.2, 0.25) is 0 Å². The van der Waals surface area contributed by atoms with Crippen LogP contribution in [0.15, 0.2) is 47.8 Å². The molecular weight excluding hydrogens is 264 g/mol. The molecular formula is C13H13ClN4O. The Morgan fingerprint density at radius 3 is 2.84 bits per heavy atom. The third-order valence-electron chi connectivity index (χ3n) is 2.58. The Morgan fingerprint density at radius 2 is 2.11 bits per heavy atom. The predicted molar refractivity (Wildman–Crippen MR) is 75.5 cm³/mol. The molecule has 0 unspecified atom stereocenters. The zero-order valence-electron chi connectivity index (χ0n) is 10.0. The maximum atomic E-state index is 8.72. The summed E-state index contributed by atoms with van der Waals surface area (Å²) in [7, 11) is 0. The molecule has 98 valence electrons. The van der Waals surface area contributed by atoms with Crippen LogP contribution in [-0.4, -0.2) is 16.0 Å². The number of amidine groups is 1. The van der Waals surface area contributed by atoms with Crippen molar-refractivity contribution < 1.29 is 5.21 Å². The number of nitrogens with zero attached hydrogens (tertiary/aromatic N) is 2. The van der Waals surface area contributed by atoms with Crippen LogP contribution in [0.2, 0.25) is 5.02 Å². The molecule has 0 fully saturated rings. The molecule has 0 aliphatic rings. The van der Waals surface area contributed by atoms with Crippen LogP contribution in [0.1, 0.15) is 11.3 Å². The molecule has 0 saturated carbocycles. The van der Waals surface area contributed by atoms with Crippen molar-refractivity contribution in [2.75, 3.05) is 5.32 Å². The van der Waals surface area contributed by atoms with E-state index in [1.165, 1.54) is 0 Å². The minimum atomic E-state index is -0.0171. The summed E-state index contributed by atoms with van der Waals surface area (Å²) in [6, 6.07) is 11.1. The maximum absolute atomic E-state index is 8.72. The third kappa shape index (κ3) is 3.14. The van der Waals surface area contributed by atoms with E-state index in [2.05, 4.69) is 15.5 Å². The van der Waals surface area contributed by atoms with Crippen LogP contribution in [-0.2, 0) is 6.54 Å². The number of pyridine rings is 1. The van der Waals surface area contributed by atoms with Gasteiger partial charge in [0.05, 0.1) is 10.7 Å². The minimum absolute atomic E-state index is 0.0171. The zero-order chi connectivity index (χ0) is 13.7. The second-order valence-electron chi connectivity index (χ2n) is 3.83. The number of nitrogens with two attached hydrogens (primary N) is 1. The van der Waals surface area contributed by atoms with E-state index in [9.17, 15) is 0 Å². The average molecular weight is 277 g/mol. The SMILES string of the molecule is NC(=NO)c1ncccc1CNc1ccccc1Cl. The fourth-order valence-electron chi connectivity index (χ4n) is 1.65. The molecule has 6 heteroatoms. The fourth-order valence-corrected chi connectivity index (χ4v) is 1.86. The van der Waals surface area contributed by atoms with Crippen molar-refractivity contribution in [2.45, 2.75) is 6.54 Å². The van der Waals surface area contributed by atoms with E-state index in [4.69, 9.17) is 22.5 Å². The first-order valence-corrected chi connectivity index (χ1v) is 6.00. The standard InChI is InChI=1S/C13H13ClN4O/c14-10-5-1-2-6-11(10)17-8-9-4-3-7-16-12(9)13(15)18-19/h1-7,17,19H,8H2,(H2,15,18). The van der Waals surface area contributed by atoms with Crippen molar-refractivity contribution in [2.24, 2.45) is 10.9 Å². The highest BCUT2D eigenvalue weighted by Gasteiger charge is 2.08. The first kappa shape index (κ1) is 13.2. The molecule has 0 saturated heterocycles. The van der Waals surface area contributed by atoms with Gasteiger partial charge in [-0.05, 0) is 18.2 Å². The Morgan fingerprint density at radius 1 is 1.32 bits per heavy atom. The summed E-state index contributed by atoms with van der Waals surface area (Å²) in [4.78, 5) is 4.10. The molecule has 2 rings (SSSR count). The van der Waals surface area contributed by atoms with Gasteiger partial charge >= 0.3 is 0 Å². The van der Waals surface area contributed by atoms with Gasteiger partial charge in [0.1, 0.15) is 5.69 Å². The fraction of sp³-hybridized carbons (Fsp3) is 0.0769. The molecule has 0 spiro atoms. The summed E-state index contributed by atoms with van der Waals surface area (Å²) in [5.41, 5.74) is 7.66. The number of nitrogens with one attached hydrogen (secondary N) is 1. The van der Waals surface area contributed by atoms with E-state index in [0.717, 1.165) is 11.3 Å². The highest BCUT2D eigenvalue weighted by atomic mass is 35.5. The number of rotatable bonds is 4. The highest BCUT2D eigenvalue weighted by molar-refractivity contribution is 6.33. The summed E-state index contributed by atoms with van der Waals surface area (Å²) in [6.45, 7) is 0.475. The summed E-state index contributed by atoms with van der Waals surface area (Å²) in [6.07, 6.45) is 1.59. The van der Waals surface area contributed by atoms with Crippen molar-refractivity contribution in [3.05, 3.63) is 58.9 Å². The number of para-hydroxylation sites is 1. The monoisotopic (exact) mass is 276 g/mol. The van der Waals surface area contributed by atoms with E-state index in [-0.39, 0.29) is 5.84 Å². The lowest BCUT2D eigenvalue weighted by Crippen LogP contribution is -2.18. The number of benzene rings is 1. The van der Waals surface area contributed by atoms with Gasteiger partial charge in [0, 0.05) is 18.3 Å². The van der Waals surface area contributed by atoms with Crippen LogP contribution in [0.3, 0.4) is 0 Å². The Labute approximate surface area is 115 Å². The van der Waals surface area contributed by atoms with Crippen LogP contribution >= 0.6 is 11.6 Å². The lowest BCUT2D eigenvalue weighted by atomic mass is 10.1. The number of hydrogen-bond acceptors (Lipinski definition) is 4. The summed E-state index contributed by atoms with van der Waals surface area (Å²) in [5.74, 6) is -0.0171. The van der Waals surface area contributed by atoms with Gasteiger partial charge in [0.15, 0.2) is 5.84 Å². The number of aromatic nitrogens is 1. The normalized spacial score (nSPS) is 11.3. The second kappa shape index (κ2) is 6.06. The predicted octanol–water partition coefficient (Wildman–Crippen LogP) is 2.44. The van der Waals surface area contributed by atoms with E-state index in [1.807, 2.05) is 24.3 Å². The van der Waals surface area contributed by atoms with Gasteiger partial charge in [-0.15, -0.1) is 0 Å². The summed E-state index contributed by atoms with van der Waals surface area (Å²) >= 11 is 6.05. The topological polar surface area (TPSA) is 83.5 Å². The Kier molecular flexibility index (Phi) is 4.20. The second-order valence-corrected chi connectivity index (χ2v) is 4.24. The molecule has 0 amide bonds. The quantitative estimate of drug-likeness (QED) is 0.347. The van der Waals surface area contributed by atoms with Crippen molar-refractivity contribution in [3.63, 3.8) is 0 Å². The zero-order valence-corrected chi connectivity index (χ0v) is 10.8. The van der Waals surface area contributed by atoms with E-state index < -0.39 is 0 Å². The molecule has 0 radical (unpaired) electrons. The molecule has 4 N–H and O–H groups in total. The summed E-state index contributed by atoms with van der Waals surface area (Å²) in [5, 5.41) is 15.5. The average Bonchev–Trinajstić information content (AvgIpc) is 2.46. The van der Waals surface area contributed by atoms with Crippen LogP contribution in [0, 0.1) is 0 Å². The lowest BCUT2D eigenvalue weighted by Gasteiger charge is -2.10. The molecule has 2 aromatic rings. The number of halogens is 1. The van der Waals surface area contributed by atoms with Gasteiger partial charge < -0.3 is 16.3 Å². The van der Waals surface area contributed by atoms with Gasteiger partial charge in [-0.3, -0.25) is 4.98 Å². The molecule has 0 aliphatic carbocycles. The Balaban J connectivity index is 2.19. The van der Waals surface area contributed by atoms with Crippen molar-refractivity contribution in [1.82, 2.24) is 4.98 Å². The number of oxime groups is 1. The van der Waals surface area contributed by atoms with E-state index >= 15 is 0 Å². The Bertz CT molecular complexity index is 601. The molecule has 1 aromatic heterocycles. The molecule has 19 heavy (non-hydrogen) atoms. The van der Waals surface area contributed by atoms with Gasteiger partial charge in [-0.2, -0.15) is 0 Å². The minimum Gasteiger partial charge on any atom is -0.409 e. The smallest absolute Gasteiger partial charge is 0.189 e. The van der Waals surface area contributed by atoms with Gasteiger partial charge in [-0.1, -0.05) is 35.0 Å². The molecule has 0 aliphatic heterocycles. The highest BCUT2D eigenvalue weighted by Crippen LogP contribution is 2.21. The molecule has 1 aromatic carbocycles. The van der Waals surface area contributed by atoms with Crippen molar-refractivity contribution >= 4 is 23.1 Å². The van der Waals surface area contributed by atoms with E-state index in [1.54, 1.807) is 18.3 Å². The third-order valence-corrected chi connectivity index (χ3v) is 2.91. The molecule has 1 heterocycles. The van der Waals surface area contributed by atoms with Crippen molar-refractivity contribution in [3.8, 4) is 0 Å². The summed E-state index contributed by atoms with van der Waals surface area (Å²) < 4.78 is 0. The van der Waals surface area contributed by atoms with Crippen LogP contribution in [0.25, 0.3) is 0 Å². The first-order valence-electron chi connectivity index (χ1n) is 5.62. The largest absolute Gasteiger partial charge is 0.409 e. The van der Waals surface area contributed by atoms with Crippen LogP contribution in [0.5, 0.6) is 0 Å². The number of hydrogen-bond donors (Lipinski definition) is 3. The van der Waals surface area contributed by atoms with Crippen molar-refractivity contribution in [1.29, 1.82) is 0 Å².